The molecule has 0 fully saturated rings. The zero-order chi connectivity index (χ0) is 24.2. The second-order valence-electron chi connectivity index (χ2n) is 10.3. The topological polar surface area (TPSA) is 64.6 Å². The highest BCUT2D eigenvalue weighted by Crippen LogP contribution is 2.26. The standard InChI is InChI=1S/C19H49O7Si5/c1-20-14-12-15-21-17-18-22-16-13-19-31(11,24-27(2)23-28(3,4)5)26-30(9,10)25-29(6,7)8/h12-19H2,1-11H3. The Bertz CT molecular complexity index is 472. The van der Waals surface area contributed by atoms with Gasteiger partial charge in [-0.15, -0.1) is 0 Å². The first kappa shape index (κ1) is 31.8. The van der Waals surface area contributed by atoms with Crippen molar-refractivity contribution in [1.82, 2.24) is 0 Å². The molecule has 0 saturated heterocycles. The highest BCUT2D eigenvalue weighted by atomic mass is 28.5. The van der Waals surface area contributed by atoms with Crippen molar-refractivity contribution in [2.75, 3.05) is 40.1 Å². The van der Waals surface area contributed by atoms with Crippen LogP contribution in [0.5, 0.6) is 0 Å². The number of hydrogen-bond donors (Lipinski definition) is 0. The van der Waals surface area contributed by atoms with E-state index in [2.05, 4.69) is 65.5 Å². The van der Waals surface area contributed by atoms with E-state index in [1.807, 2.05) is 0 Å². The molecule has 0 heterocycles. The van der Waals surface area contributed by atoms with E-state index < -0.39 is 43.0 Å². The Balaban J connectivity index is 4.67. The normalized spacial score (nSPS) is 15.5. The van der Waals surface area contributed by atoms with Crippen LogP contribution in [0.25, 0.3) is 0 Å². The Morgan fingerprint density at radius 2 is 1.16 bits per heavy atom. The molecule has 187 valence electrons. The Hall–Kier alpha value is 0.804. The van der Waals surface area contributed by atoms with Gasteiger partial charge in [-0.25, -0.2) is 0 Å². The molecule has 0 aliphatic heterocycles. The zero-order valence-electron chi connectivity index (χ0n) is 22.0. The Labute approximate surface area is 198 Å². The van der Waals surface area contributed by atoms with E-state index in [9.17, 15) is 0 Å². The minimum absolute atomic E-state index is 0.605. The van der Waals surface area contributed by atoms with Crippen LogP contribution in [-0.2, 0) is 30.7 Å². The molecule has 1 radical (unpaired) electrons. The third-order valence-corrected chi connectivity index (χ3v) is 19.6. The van der Waals surface area contributed by atoms with Crippen LogP contribution < -0.4 is 0 Å². The molecule has 1 atom stereocenters. The van der Waals surface area contributed by atoms with Crippen molar-refractivity contribution in [3.63, 3.8) is 0 Å². The van der Waals surface area contributed by atoms with E-state index in [4.69, 9.17) is 30.7 Å². The fourth-order valence-electron chi connectivity index (χ4n) is 3.28. The molecule has 0 aromatic carbocycles. The summed E-state index contributed by atoms with van der Waals surface area (Å²) in [6.07, 6.45) is 1.81. The second-order valence-corrected chi connectivity index (χ2v) is 28.6. The van der Waals surface area contributed by atoms with Crippen molar-refractivity contribution < 1.29 is 30.7 Å². The lowest BCUT2D eigenvalue weighted by Crippen LogP contribution is -2.56. The predicted octanol–water partition coefficient (Wildman–Crippen LogP) is 5.07. The smallest absolute Gasteiger partial charge is 0.360 e. The van der Waals surface area contributed by atoms with E-state index >= 15 is 0 Å². The summed E-state index contributed by atoms with van der Waals surface area (Å²) in [6.45, 7) is 25.1. The van der Waals surface area contributed by atoms with E-state index in [1.165, 1.54) is 0 Å². The molecule has 0 aromatic rings. The summed E-state index contributed by atoms with van der Waals surface area (Å²) < 4.78 is 42.2. The fraction of sp³-hybridized carbons (Fsp3) is 1.00. The largest absolute Gasteiger partial charge is 0.437 e. The molecule has 0 aliphatic rings. The third kappa shape index (κ3) is 19.9. The summed E-state index contributed by atoms with van der Waals surface area (Å²) in [5, 5.41) is 0. The molecule has 0 N–H and O–H groups in total. The number of methoxy groups -OCH3 is 1. The van der Waals surface area contributed by atoms with Crippen molar-refractivity contribution in [2.45, 2.75) is 84.4 Å². The number of ether oxygens (including phenoxy) is 3. The predicted molar refractivity (Wildman–Crippen MR) is 139 cm³/mol. The summed E-state index contributed by atoms with van der Waals surface area (Å²) in [5.74, 6) is 0. The van der Waals surface area contributed by atoms with Gasteiger partial charge in [0.15, 0.2) is 16.6 Å². The first-order valence-electron chi connectivity index (χ1n) is 11.3. The van der Waals surface area contributed by atoms with Gasteiger partial charge in [-0.2, -0.15) is 0 Å². The van der Waals surface area contributed by atoms with Crippen LogP contribution in [0.1, 0.15) is 12.8 Å². The SMILES string of the molecule is COCCCOCCOCCC[Si](C)(O[Si](C)O[Si](C)(C)C)O[Si](C)(C)O[Si](C)(C)C. The third-order valence-electron chi connectivity index (χ3n) is 3.75. The Morgan fingerprint density at radius 1 is 0.613 bits per heavy atom. The van der Waals surface area contributed by atoms with E-state index in [0.29, 0.717) is 26.4 Å². The number of rotatable bonds is 19. The van der Waals surface area contributed by atoms with E-state index in [0.717, 1.165) is 25.5 Å². The van der Waals surface area contributed by atoms with Crippen LogP contribution in [0.3, 0.4) is 0 Å². The highest BCUT2D eigenvalue weighted by Gasteiger charge is 2.43. The van der Waals surface area contributed by atoms with Gasteiger partial charge in [-0.05, 0) is 84.4 Å². The van der Waals surface area contributed by atoms with Crippen LogP contribution >= 0.6 is 0 Å². The maximum Gasteiger partial charge on any atom is 0.360 e. The Kier molecular flexibility index (Phi) is 15.3. The summed E-state index contributed by atoms with van der Waals surface area (Å²) in [7, 11) is -7.78. The highest BCUT2D eigenvalue weighted by molar-refractivity contribution is 6.88. The Morgan fingerprint density at radius 3 is 1.65 bits per heavy atom. The van der Waals surface area contributed by atoms with Gasteiger partial charge in [-0.3, -0.25) is 0 Å². The van der Waals surface area contributed by atoms with Gasteiger partial charge in [0, 0.05) is 26.9 Å². The molecule has 0 aliphatic carbocycles. The maximum absolute atomic E-state index is 6.71. The van der Waals surface area contributed by atoms with Gasteiger partial charge in [-0.1, -0.05) is 0 Å². The van der Waals surface area contributed by atoms with E-state index in [-0.39, 0.29) is 0 Å². The molecule has 12 heteroatoms. The average Bonchev–Trinajstić information content (AvgIpc) is 2.51. The summed E-state index contributed by atoms with van der Waals surface area (Å²) in [6, 6.07) is 0.865. The molecule has 0 amide bonds. The molecule has 0 bridgehead atoms. The molecule has 0 spiro atoms. The summed E-state index contributed by atoms with van der Waals surface area (Å²) in [5.41, 5.74) is 0. The molecule has 0 saturated carbocycles. The zero-order valence-corrected chi connectivity index (χ0v) is 27.0. The maximum atomic E-state index is 6.71. The van der Waals surface area contributed by atoms with Crippen molar-refractivity contribution in [3.05, 3.63) is 0 Å². The van der Waals surface area contributed by atoms with Crippen LogP contribution in [0.4, 0.5) is 0 Å². The lowest BCUT2D eigenvalue weighted by Gasteiger charge is -2.40. The van der Waals surface area contributed by atoms with Gasteiger partial charge in [0.2, 0.25) is 0 Å². The van der Waals surface area contributed by atoms with Crippen LogP contribution in [0.15, 0.2) is 0 Å². The minimum atomic E-state index is -2.46. The molecule has 31 heavy (non-hydrogen) atoms. The fourth-order valence-corrected chi connectivity index (χ4v) is 22.4. The first-order chi connectivity index (χ1) is 14.1. The van der Waals surface area contributed by atoms with Gasteiger partial charge < -0.3 is 30.7 Å². The lowest BCUT2D eigenvalue weighted by atomic mass is 10.5. The average molecular weight is 530 g/mol. The first-order valence-corrected chi connectivity index (χ1v) is 25.3. The second kappa shape index (κ2) is 14.9. The molecule has 7 nitrogen and oxygen atoms in total. The number of hydrogen-bond acceptors (Lipinski definition) is 7. The molecular weight excluding hydrogens is 481 g/mol. The van der Waals surface area contributed by atoms with Gasteiger partial charge >= 0.3 is 26.4 Å². The van der Waals surface area contributed by atoms with Gasteiger partial charge in [0.05, 0.1) is 13.2 Å². The summed E-state index contributed by atoms with van der Waals surface area (Å²) >= 11 is 0. The monoisotopic (exact) mass is 529 g/mol. The van der Waals surface area contributed by atoms with Crippen molar-refractivity contribution in [3.8, 4) is 0 Å². The molecular formula is C19H49O7Si5. The minimum Gasteiger partial charge on any atom is -0.437 e. The lowest BCUT2D eigenvalue weighted by molar-refractivity contribution is 0.0397. The van der Waals surface area contributed by atoms with Crippen molar-refractivity contribution >= 4 is 43.0 Å². The summed E-state index contributed by atoms with van der Waals surface area (Å²) in [4.78, 5) is 0. The van der Waals surface area contributed by atoms with Gasteiger partial charge in [0.1, 0.15) is 0 Å². The van der Waals surface area contributed by atoms with E-state index in [1.54, 1.807) is 7.11 Å². The molecule has 0 rings (SSSR count). The molecule has 0 aromatic heterocycles. The van der Waals surface area contributed by atoms with Gasteiger partial charge in [0.25, 0.3) is 0 Å². The van der Waals surface area contributed by atoms with Crippen LogP contribution in [0, 0.1) is 0 Å². The van der Waals surface area contributed by atoms with Crippen LogP contribution in [0.2, 0.25) is 71.5 Å². The molecule has 1 unspecified atom stereocenters. The van der Waals surface area contributed by atoms with Crippen molar-refractivity contribution in [1.29, 1.82) is 0 Å². The van der Waals surface area contributed by atoms with Crippen LogP contribution in [-0.4, -0.2) is 83.2 Å². The quantitative estimate of drug-likeness (QED) is 0.171. The van der Waals surface area contributed by atoms with Crippen molar-refractivity contribution in [2.24, 2.45) is 0 Å².